The second kappa shape index (κ2) is 6.27. The number of benzene rings is 2. The van der Waals surface area contributed by atoms with Crippen molar-refractivity contribution in [1.82, 2.24) is 0 Å². The molecule has 0 radical (unpaired) electrons. The van der Waals surface area contributed by atoms with Gasteiger partial charge in [0.2, 0.25) is 0 Å². The molecule has 0 aliphatic heterocycles. The number of anilines is 1. The molecular weight excluding hydrogens is 302 g/mol. The second-order valence-electron chi connectivity index (χ2n) is 4.86. The molecule has 0 unspecified atom stereocenters. The van der Waals surface area contributed by atoms with Gasteiger partial charge in [-0.15, -0.1) is 0 Å². The highest BCUT2D eigenvalue weighted by atomic mass is 32.2. The van der Waals surface area contributed by atoms with Crippen LogP contribution in [-0.4, -0.2) is 29.7 Å². The van der Waals surface area contributed by atoms with E-state index in [1.54, 1.807) is 42.5 Å². The van der Waals surface area contributed by atoms with Gasteiger partial charge in [-0.05, 0) is 19.1 Å². The van der Waals surface area contributed by atoms with Crippen LogP contribution in [0.15, 0.2) is 47.4 Å². The maximum absolute atomic E-state index is 12.7. The average Bonchev–Trinajstić information content (AvgIpc) is 2.53. The molecule has 0 aliphatic rings. The van der Waals surface area contributed by atoms with Gasteiger partial charge in [-0.25, -0.2) is 8.42 Å². The normalized spacial score (nSPS) is 11.1. The molecule has 2 aromatic rings. The van der Waals surface area contributed by atoms with E-state index < -0.39 is 10.0 Å². The lowest BCUT2D eigenvalue weighted by Gasteiger charge is -2.21. The van der Waals surface area contributed by atoms with Crippen molar-refractivity contribution in [3.8, 4) is 11.5 Å². The Kier molecular flexibility index (Phi) is 4.61. The molecule has 0 aromatic heterocycles. The topological polar surface area (TPSA) is 55.8 Å². The van der Waals surface area contributed by atoms with Crippen LogP contribution in [0.2, 0.25) is 0 Å². The number of hydrogen-bond acceptors (Lipinski definition) is 4. The Labute approximate surface area is 131 Å². The van der Waals surface area contributed by atoms with Gasteiger partial charge in [-0.1, -0.05) is 17.7 Å². The van der Waals surface area contributed by atoms with Crippen molar-refractivity contribution < 1.29 is 17.9 Å². The van der Waals surface area contributed by atoms with Gasteiger partial charge in [-0.3, -0.25) is 4.31 Å². The molecule has 2 aromatic carbocycles. The summed E-state index contributed by atoms with van der Waals surface area (Å²) in [5.74, 6) is 1.06. The van der Waals surface area contributed by atoms with Crippen molar-refractivity contribution in [2.75, 3.05) is 25.6 Å². The first-order chi connectivity index (χ1) is 10.4. The molecule has 5 nitrogen and oxygen atoms in total. The van der Waals surface area contributed by atoms with Gasteiger partial charge in [-0.2, -0.15) is 0 Å². The summed E-state index contributed by atoms with van der Waals surface area (Å²) in [6.07, 6.45) is 0. The molecule has 22 heavy (non-hydrogen) atoms. The Hall–Kier alpha value is -2.21. The summed E-state index contributed by atoms with van der Waals surface area (Å²) in [7, 11) is 0.909. The molecule has 0 bridgehead atoms. The summed E-state index contributed by atoms with van der Waals surface area (Å²) in [5.41, 5.74) is 1.47. The van der Waals surface area contributed by atoms with Crippen LogP contribution in [0.4, 0.5) is 5.69 Å². The molecule has 0 spiro atoms. The van der Waals surface area contributed by atoms with E-state index >= 15 is 0 Å². The fraction of sp³-hybridized carbons (Fsp3) is 0.250. The van der Waals surface area contributed by atoms with Gasteiger partial charge in [0, 0.05) is 25.2 Å². The Morgan fingerprint density at radius 3 is 1.86 bits per heavy atom. The molecular formula is C16H19NO4S. The fourth-order valence-electron chi connectivity index (χ4n) is 1.98. The lowest BCUT2D eigenvalue weighted by molar-refractivity contribution is 0.394. The number of nitrogens with zero attached hydrogens (tertiary/aromatic N) is 1. The number of sulfonamides is 1. The van der Waals surface area contributed by atoms with Gasteiger partial charge in [0.25, 0.3) is 10.0 Å². The van der Waals surface area contributed by atoms with Gasteiger partial charge in [0.15, 0.2) is 0 Å². The molecule has 0 heterocycles. The van der Waals surface area contributed by atoms with Crippen LogP contribution in [0.25, 0.3) is 0 Å². The molecule has 0 N–H and O–H groups in total. The Morgan fingerprint density at radius 2 is 1.41 bits per heavy atom. The van der Waals surface area contributed by atoms with Crippen LogP contribution >= 0.6 is 0 Å². The minimum absolute atomic E-state index is 0.238. The zero-order valence-electron chi connectivity index (χ0n) is 13.0. The van der Waals surface area contributed by atoms with Gasteiger partial charge < -0.3 is 9.47 Å². The average molecular weight is 321 g/mol. The molecule has 6 heteroatoms. The lowest BCUT2D eigenvalue weighted by atomic mass is 10.2. The smallest absolute Gasteiger partial charge is 0.264 e. The van der Waals surface area contributed by atoms with Crippen molar-refractivity contribution in [2.45, 2.75) is 11.8 Å². The first kappa shape index (κ1) is 16.2. The van der Waals surface area contributed by atoms with E-state index in [0.29, 0.717) is 17.2 Å². The first-order valence-corrected chi connectivity index (χ1v) is 8.11. The van der Waals surface area contributed by atoms with Gasteiger partial charge in [0.1, 0.15) is 11.5 Å². The van der Waals surface area contributed by atoms with Crippen LogP contribution < -0.4 is 13.8 Å². The Balaban J connectivity index is 2.46. The van der Waals surface area contributed by atoms with Crippen molar-refractivity contribution in [3.63, 3.8) is 0 Å². The number of methoxy groups -OCH3 is 2. The number of hydrogen-bond donors (Lipinski definition) is 0. The first-order valence-electron chi connectivity index (χ1n) is 6.67. The Morgan fingerprint density at radius 1 is 0.909 bits per heavy atom. The fourth-order valence-corrected chi connectivity index (χ4v) is 3.16. The van der Waals surface area contributed by atoms with Crippen LogP contribution in [0.3, 0.4) is 0 Å². The summed E-state index contributed by atoms with van der Waals surface area (Å²) in [6, 6.07) is 11.7. The molecule has 0 atom stereocenters. The van der Waals surface area contributed by atoms with E-state index in [0.717, 1.165) is 5.56 Å². The van der Waals surface area contributed by atoms with Crippen molar-refractivity contribution in [2.24, 2.45) is 0 Å². The summed E-state index contributed by atoms with van der Waals surface area (Å²) < 4.78 is 36.9. The van der Waals surface area contributed by atoms with Crippen molar-refractivity contribution in [1.29, 1.82) is 0 Å². The Bertz CT molecular complexity index is 732. The van der Waals surface area contributed by atoms with E-state index in [1.165, 1.54) is 25.6 Å². The number of rotatable bonds is 5. The number of aryl methyl sites for hydroxylation is 1. The third-order valence-electron chi connectivity index (χ3n) is 3.38. The minimum atomic E-state index is -3.64. The van der Waals surface area contributed by atoms with Crippen LogP contribution in [0.1, 0.15) is 5.56 Å². The molecule has 118 valence electrons. The third kappa shape index (κ3) is 3.17. The number of ether oxygens (including phenoxy) is 2. The maximum atomic E-state index is 12.7. The van der Waals surface area contributed by atoms with E-state index in [2.05, 4.69) is 0 Å². The molecule has 0 aliphatic carbocycles. The predicted molar refractivity (Wildman–Crippen MR) is 86.3 cm³/mol. The van der Waals surface area contributed by atoms with Crippen LogP contribution in [0.5, 0.6) is 11.5 Å². The minimum Gasteiger partial charge on any atom is -0.497 e. The molecule has 2 rings (SSSR count). The van der Waals surface area contributed by atoms with E-state index in [1.807, 2.05) is 6.92 Å². The molecule has 0 saturated heterocycles. The van der Waals surface area contributed by atoms with E-state index in [9.17, 15) is 8.42 Å². The van der Waals surface area contributed by atoms with Gasteiger partial charge >= 0.3 is 0 Å². The quantitative estimate of drug-likeness (QED) is 0.850. The summed E-state index contributed by atoms with van der Waals surface area (Å²) in [5, 5.41) is 0. The third-order valence-corrected chi connectivity index (χ3v) is 5.18. The highest BCUT2D eigenvalue weighted by molar-refractivity contribution is 7.92. The summed E-state index contributed by atoms with van der Waals surface area (Å²) in [6.45, 7) is 1.91. The zero-order valence-corrected chi connectivity index (χ0v) is 13.8. The second-order valence-corrected chi connectivity index (χ2v) is 6.83. The summed E-state index contributed by atoms with van der Waals surface area (Å²) in [4.78, 5) is 0.238. The maximum Gasteiger partial charge on any atom is 0.264 e. The highest BCUT2D eigenvalue weighted by Gasteiger charge is 2.22. The highest BCUT2D eigenvalue weighted by Crippen LogP contribution is 2.30. The van der Waals surface area contributed by atoms with Crippen molar-refractivity contribution >= 4 is 15.7 Å². The van der Waals surface area contributed by atoms with Crippen molar-refractivity contribution in [3.05, 3.63) is 48.0 Å². The molecule has 0 amide bonds. The van der Waals surface area contributed by atoms with E-state index in [4.69, 9.17) is 9.47 Å². The molecule has 0 fully saturated rings. The standard InChI is InChI=1S/C16H19NO4S/c1-12-5-7-16(8-6-12)22(18,19)17(2)13-9-14(20-3)11-15(10-13)21-4/h5-11H,1-4H3. The predicted octanol–water partition coefficient (Wildman–Crippen LogP) is 2.84. The largest absolute Gasteiger partial charge is 0.497 e. The van der Waals surface area contributed by atoms with E-state index in [-0.39, 0.29) is 4.90 Å². The molecule has 0 saturated carbocycles. The van der Waals surface area contributed by atoms with Crippen LogP contribution in [-0.2, 0) is 10.0 Å². The van der Waals surface area contributed by atoms with Gasteiger partial charge in [0.05, 0.1) is 24.8 Å². The van der Waals surface area contributed by atoms with Crippen LogP contribution in [0, 0.1) is 6.92 Å². The lowest BCUT2D eigenvalue weighted by Crippen LogP contribution is -2.26. The monoisotopic (exact) mass is 321 g/mol. The SMILES string of the molecule is COc1cc(OC)cc(N(C)S(=O)(=O)c2ccc(C)cc2)c1. The summed E-state index contributed by atoms with van der Waals surface area (Å²) >= 11 is 0. The zero-order chi connectivity index (χ0) is 16.3.